The fraction of sp³-hybridized carbons (Fsp3) is 0.909. The van der Waals surface area contributed by atoms with E-state index in [0.29, 0.717) is 0 Å². The molecule has 1 aliphatic rings. The average Bonchev–Trinajstić information content (AvgIpc) is 2.21. The van der Waals surface area contributed by atoms with E-state index < -0.39 is 5.97 Å². The molecule has 1 fully saturated rings. The van der Waals surface area contributed by atoms with Crippen LogP contribution < -0.4 is 5.32 Å². The number of hydrogen-bond donors (Lipinski definition) is 2. The van der Waals surface area contributed by atoms with Gasteiger partial charge in [-0.05, 0) is 19.4 Å². The third-order valence-corrected chi connectivity index (χ3v) is 2.86. The summed E-state index contributed by atoms with van der Waals surface area (Å²) in [5.41, 5.74) is 0. The van der Waals surface area contributed by atoms with Crippen LogP contribution in [-0.4, -0.2) is 23.7 Å². The second-order valence-electron chi connectivity index (χ2n) is 4.11. The zero-order valence-corrected chi connectivity index (χ0v) is 8.80. The number of carbonyl (C=O) groups is 1. The molecule has 1 atom stereocenters. The number of rotatable bonds is 1. The summed E-state index contributed by atoms with van der Waals surface area (Å²) in [5.74, 6) is -0.691. The second kappa shape index (κ2) is 6.82. The fourth-order valence-corrected chi connectivity index (χ4v) is 1.95. The number of carboxylic acid groups (broad SMARTS) is 1. The van der Waals surface area contributed by atoms with Gasteiger partial charge in [-0.25, -0.2) is 0 Å². The summed E-state index contributed by atoms with van der Waals surface area (Å²) in [5, 5.41) is 12.0. The van der Waals surface area contributed by atoms with Gasteiger partial charge in [0.2, 0.25) is 0 Å². The van der Waals surface area contributed by atoms with Gasteiger partial charge in [-0.15, -0.1) is 0 Å². The molecule has 0 aromatic rings. The molecule has 0 radical (unpaired) electrons. The molecular weight excluding hydrogens is 178 g/mol. The van der Waals surface area contributed by atoms with Crippen molar-refractivity contribution in [1.82, 2.24) is 5.32 Å². The normalized spacial score (nSPS) is 26.4. The molecular formula is C11H21NO2. The van der Waals surface area contributed by atoms with Crippen LogP contribution in [0.3, 0.4) is 0 Å². The first-order chi connectivity index (χ1) is 6.80. The standard InChI is InChI=1S/C11H21NO2/c13-11(14)10-8-6-4-2-1-3-5-7-9-12-10/h10,12H,1-9H2,(H,13,14)/t10-/m0/s1. The van der Waals surface area contributed by atoms with Crippen molar-refractivity contribution < 1.29 is 9.90 Å². The van der Waals surface area contributed by atoms with Gasteiger partial charge in [0.25, 0.3) is 0 Å². The van der Waals surface area contributed by atoms with E-state index in [-0.39, 0.29) is 6.04 Å². The Morgan fingerprint density at radius 3 is 2.21 bits per heavy atom. The highest BCUT2D eigenvalue weighted by molar-refractivity contribution is 5.73. The Kier molecular flexibility index (Phi) is 5.60. The van der Waals surface area contributed by atoms with Crippen molar-refractivity contribution in [2.75, 3.05) is 6.54 Å². The molecule has 1 saturated heterocycles. The van der Waals surface area contributed by atoms with Crippen LogP contribution in [0.2, 0.25) is 0 Å². The predicted octanol–water partition coefficient (Wildman–Crippen LogP) is 2.16. The Balaban J connectivity index is 2.31. The molecule has 1 aliphatic heterocycles. The molecule has 0 aliphatic carbocycles. The topological polar surface area (TPSA) is 49.3 Å². The van der Waals surface area contributed by atoms with Gasteiger partial charge in [0.05, 0.1) is 0 Å². The van der Waals surface area contributed by atoms with E-state index in [0.717, 1.165) is 25.8 Å². The molecule has 3 nitrogen and oxygen atoms in total. The Bertz CT molecular complexity index is 159. The monoisotopic (exact) mass is 199 g/mol. The molecule has 1 heterocycles. The second-order valence-corrected chi connectivity index (χ2v) is 4.11. The van der Waals surface area contributed by atoms with Gasteiger partial charge in [-0.3, -0.25) is 4.79 Å². The Labute approximate surface area is 85.9 Å². The first-order valence-electron chi connectivity index (χ1n) is 5.77. The molecule has 2 N–H and O–H groups in total. The summed E-state index contributed by atoms with van der Waals surface area (Å²) in [7, 11) is 0. The van der Waals surface area contributed by atoms with Crippen molar-refractivity contribution in [2.45, 2.75) is 57.4 Å². The maximum absolute atomic E-state index is 10.8. The van der Waals surface area contributed by atoms with Crippen LogP contribution in [0.4, 0.5) is 0 Å². The fourth-order valence-electron chi connectivity index (χ4n) is 1.95. The lowest BCUT2D eigenvalue weighted by Crippen LogP contribution is -2.37. The Morgan fingerprint density at radius 1 is 1.00 bits per heavy atom. The number of aliphatic carboxylic acids is 1. The van der Waals surface area contributed by atoms with Gasteiger partial charge < -0.3 is 10.4 Å². The molecule has 0 unspecified atom stereocenters. The third kappa shape index (κ3) is 4.61. The van der Waals surface area contributed by atoms with Crippen LogP contribution >= 0.6 is 0 Å². The quantitative estimate of drug-likeness (QED) is 0.680. The van der Waals surface area contributed by atoms with Crippen LogP contribution in [0.1, 0.15) is 51.4 Å². The summed E-state index contributed by atoms with van der Waals surface area (Å²) < 4.78 is 0. The van der Waals surface area contributed by atoms with Crippen LogP contribution in [0.5, 0.6) is 0 Å². The van der Waals surface area contributed by atoms with Gasteiger partial charge in [0.15, 0.2) is 0 Å². The summed E-state index contributed by atoms with van der Waals surface area (Å²) >= 11 is 0. The van der Waals surface area contributed by atoms with E-state index in [4.69, 9.17) is 5.11 Å². The maximum Gasteiger partial charge on any atom is 0.320 e. The van der Waals surface area contributed by atoms with Crippen molar-refractivity contribution in [3.8, 4) is 0 Å². The highest BCUT2D eigenvalue weighted by atomic mass is 16.4. The Morgan fingerprint density at radius 2 is 1.57 bits per heavy atom. The lowest BCUT2D eigenvalue weighted by molar-refractivity contribution is -0.139. The molecule has 14 heavy (non-hydrogen) atoms. The predicted molar refractivity (Wildman–Crippen MR) is 56.4 cm³/mol. The van der Waals surface area contributed by atoms with Crippen molar-refractivity contribution >= 4 is 5.97 Å². The van der Waals surface area contributed by atoms with Crippen molar-refractivity contribution in [3.63, 3.8) is 0 Å². The van der Waals surface area contributed by atoms with Gasteiger partial charge in [0, 0.05) is 0 Å². The van der Waals surface area contributed by atoms with E-state index >= 15 is 0 Å². The van der Waals surface area contributed by atoms with E-state index in [1.807, 2.05) is 0 Å². The molecule has 0 bridgehead atoms. The van der Waals surface area contributed by atoms with Gasteiger partial charge in [0.1, 0.15) is 6.04 Å². The zero-order valence-electron chi connectivity index (χ0n) is 8.80. The zero-order chi connectivity index (χ0) is 10.2. The molecule has 0 aromatic heterocycles. The average molecular weight is 199 g/mol. The summed E-state index contributed by atoms with van der Waals surface area (Å²) in [4.78, 5) is 10.8. The van der Waals surface area contributed by atoms with Gasteiger partial charge in [-0.1, -0.05) is 38.5 Å². The van der Waals surface area contributed by atoms with E-state index in [1.165, 1.54) is 32.1 Å². The van der Waals surface area contributed by atoms with Crippen molar-refractivity contribution in [3.05, 3.63) is 0 Å². The molecule has 0 spiro atoms. The van der Waals surface area contributed by atoms with Gasteiger partial charge >= 0.3 is 5.97 Å². The summed E-state index contributed by atoms with van der Waals surface area (Å²) in [6, 6.07) is -0.312. The van der Waals surface area contributed by atoms with Crippen LogP contribution in [0.25, 0.3) is 0 Å². The third-order valence-electron chi connectivity index (χ3n) is 2.86. The number of nitrogens with one attached hydrogen (secondary N) is 1. The molecule has 82 valence electrons. The largest absolute Gasteiger partial charge is 0.480 e. The van der Waals surface area contributed by atoms with Crippen molar-refractivity contribution in [2.24, 2.45) is 0 Å². The van der Waals surface area contributed by atoms with Crippen molar-refractivity contribution in [1.29, 1.82) is 0 Å². The molecule has 0 amide bonds. The maximum atomic E-state index is 10.8. The van der Waals surface area contributed by atoms with E-state index in [9.17, 15) is 4.79 Å². The summed E-state index contributed by atoms with van der Waals surface area (Å²) in [6.45, 7) is 0.858. The van der Waals surface area contributed by atoms with Crippen LogP contribution in [0.15, 0.2) is 0 Å². The number of carboxylic acids is 1. The van der Waals surface area contributed by atoms with Crippen LogP contribution in [0, 0.1) is 0 Å². The minimum atomic E-state index is -0.691. The lowest BCUT2D eigenvalue weighted by atomic mass is 10.1. The minimum absolute atomic E-state index is 0.312. The molecule has 3 heteroatoms. The molecule has 0 saturated carbocycles. The smallest absolute Gasteiger partial charge is 0.320 e. The van der Waals surface area contributed by atoms with Gasteiger partial charge in [-0.2, -0.15) is 0 Å². The molecule has 0 aromatic carbocycles. The number of hydrogen-bond acceptors (Lipinski definition) is 2. The first-order valence-corrected chi connectivity index (χ1v) is 5.77. The molecule has 1 rings (SSSR count). The highest BCUT2D eigenvalue weighted by Gasteiger charge is 2.15. The van der Waals surface area contributed by atoms with E-state index in [2.05, 4.69) is 5.32 Å². The van der Waals surface area contributed by atoms with E-state index in [1.54, 1.807) is 0 Å². The first kappa shape index (κ1) is 11.5. The lowest BCUT2D eigenvalue weighted by Gasteiger charge is -2.13. The SMILES string of the molecule is O=C(O)[C@@H]1CCCCCCCCCN1. The highest BCUT2D eigenvalue weighted by Crippen LogP contribution is 2.11. The van der Waals surface area contributed by atoms with Crippen LogP contribution in [-0.2, 0) is 4.79 Å². The summed E-state index contributed by atoms with van der Waals surface area (Å²) in [6.07, 6.45) is 9.26. The minimum Gasteiger partial charge on any atom is -0.480 e. The Hall–Kier alpha value is -0.570.